The third-order valence-corrected chi connectivity index (χ3v) is 26.3. The van der Waals surface area contributed by atoms with E-state index in [1.165, 1.54) is 129 Å². The van der Waals surface area contributed by atoms with Crippen molar-refractivity contribution in [3.63, 3.8) is 0 Å². The van der Waals surface area contributed by atoms with Crippen LogP contribution in [0.1, 0.15) is 238 Å². The van der Waals surface area contributed by atoms with Gasteiger partial charge in [-0.1, -0.05) is 207 Å². The highest BCUT2D eigenvalue weighted by atomic mass is 32.2. The second-order valence-electron chi connectivity index (χ2n) is 34.2. The molecule has 0 amide bonds. The fourth-order valence-corrected chi connectivity index (χ4v) is 20.3. The summed E-state index contributed by atoms with van der Waals surface area (Å²) in [6.45, 7) is 40.7. The van der Waals surface area contributed by atoms with Gasteiger partial charge in [-0.05, 0) is 224 Å². The summed E-state index contributed by atoms with van der Waals surface area (Å²) in [5, 5.41) is 0.217. The Morgan fingerprint density at radius 3 is 1.78 bits per heavy atom. The zero-order valence-electron chi connectivity index (χ0n) is 55.8. The minimum atomic E-state index is 0.0332. The fourth-order valence-electron chi connectivity index (χ4n) is 18.7. The van der Waals surface area contributed by atoms with Crippen molar-refractivity contribution in [2.45, 2.75) is 242 Å². The van der Waals surface area contributed by atoms with Crippen LogP contribution in [0.25, 0.3) is 0 Å². The Balaban J connectivity index is 1.06. The van der Waals surface area contributed by atoms with Crippen LogP contribution >= 0.6 is 11.8 Å². The van der Waals surface area contributed by atoms with E-state index in [-0.39, 0.29) is 67.3 Å². The second-order valence-corrected chi connectivity index (χ2v) is 35.4. The predicted molar refractivity (Wildman–Crippen MR) is 375 cm³/mol. The van der Waals surface area contributed by atoms with Gasteiger partial charge in [0.1, 0.15) is 0 Å². The quantitative estimate of drug-likeness (QED) is 0.157. The summed E-state index contributed by atoms with van der Waals surface area (Å²) in [6, 6.07) is 35.8. The van der Waals surface area contributed by atoms with Gasteiger partial charge in [-0.15, -0.1) is 11.8 Å². The molecule has 0 aromatic heterocycles. The highest BCUT2D eigenvalue weighted by molar-refractivity contribution is 8.02. The Bertz CT molecular complexity index is 3900. The molecule has 450 valence electrons. The maximum atomic E-state index is 2.96. The molecule has 15 rings (SSSR count). The lowest BCUT2D eigenvalue weighted by atomic mass is 9.33. The zero-order chi connectivity index (χ0) is 60.9. The molecule has 0 N–H and O–H groups in total. The first-order valence-electron chi connectivity index (χ1n) is 34.0. The van der Waals surface area contributed by atoms with Crippen LogP contribution in [-0.4, -0.2) is 17.9 Å². The number of nitrogens with zero attached hydrogens (tertiary/aromatic N) is 3. The van der Waals surface area contributed by atoms with Crippen molar-refractivity contribution in [3.05, 3.63) is 201 Å². The average Bonchev–Trinajstić information content (AvgIpc) is 1.68. The maximum absolute atomic E-state index is 2.96. The third kappa shape index (κ3) is 8.98. The van der Waals surface area contributed by atoms with Crippen molar-refractivity contribution in [3.8, 4) is 0 Å². The monoisotopic (exact) mass is 1170 g/mol. The summed E-state index contributed by atoms with van der Waals surface area (Å²) in [7, 11) is 0. The standard InChI is InChI=1S/C82H98BN3S/c1-75(2)35-37-77(5,6)61-43-55(31-33-59(61)75)85-68-49-65-64(80(11,12)40-41-81(65,13)14)48-67(68)83-72-69(85)45-57(84(53-25-21-18-22-26-53)54-29-27-52(28-30-54)51-23-19-17-20-24-51)46-70(72)86(56-32-34-60-62(44-56)78(7,8)38-36-76(60,3)4)73-58-47-63-66(50-71(58)87-74(73)83)82(15,16)42-39-79(63,9)10/h17-25,27,29-32,34,43-50,52-53,59,73-74H,26,28,33,35-42H2,1-16H3. The first kappa shape index (κ1) is 57.8. The van der Waals surface area contributed by atoms with Gasteiger partial charge in [-0.3, -0.25) is 0 Å². The number of rotatable bonds is 6. The molecule has 0 bridgehead atoms. The van der Waals surface area contributed by atoms with Gasteiger partial charge in [0.25, 0.3) is 0 Å². The van der Waals surface area contributed by atoms with Crippen LogP contribution in [0.2, 0.25) is 0 Å². The smallest absolute Gasteiger partial charge is 0.233 e. The summed E-state index contributed by atoms with van der Waals surface area (Å²) >= 11 is 2.23. The number of allylic oxidation sites excluding steroid dienone is 8. The van der Waals surface area contributed by atoms with E-state index in [4.69, 9.17) is 0 Å². The van der Waals surface area contributed by atoms with Crippen molar-refractivity contribution in [2.75, 3.05) is 14.7 Å². The van der Waals surface area contributed by atoms with E-state index >= 15 is 0 Å². The van der Waals surface area contributed by atoms with Crippen molar-refractivity contribution in [2.24, 2.45) is 16.7 Å². The molecule has 3 nitrogen and oxygen atoms in total. The molecule has 1 saturated carbocycles. The van der Waals surface area contributed by atoms with Crippen LogP contribution < -0.4 is 25.6 Å². The Hall–Kier alpha value is -5.65. The number of fused-ring (bicyclic) bond motifs is 10. The van der Waals surface area contributed by atoms with Gasteiger partial charge in [0.2, 0.25) is 6.71 Å². The van der Waals surface area contributed by atoms with Gasteiger partial charge in [-0.2, -0.15) is 0 Å². The van der Waals surface area contributed by atoms with Gasteiger partial charge in [-0.25, -0.2) is 0 Å². The first-order valence-corrected chi connectivity index (χ1v) is 34.9. The molecule has 0 saturated heterocycles. The molecule has 87 heavy (non-hydrogen) atoms. The molecule has 10 aliphatic rings. The lowest BCUT2D eigenvalue weighted by Crippen LogP contribution is -2.63. The van der Waals surface area contributed by atoms with Crippen molar-refractivity contribution < 1.29 is 0 Å². The molecule has 1 fully saturated rings. The number of thioether (sulfide) groups is 1. The Morgan fingerprint density at radius 1 is 0.529 bits per heavy atom. The predicted octanol–water partition coefficient (Wildman–Crippen LogP) is 20.7. The number of anilines is 5. The normalized spacial score (nSPS) is 27.8. The van der Waals surface area contributed by atoms with Crippen molar-refractivity contribution in [1.29, 1.82) is 0 Å². The third-order valence-electron chi connectivity index (χ3n) is 24.9. The van der Waals surface area contributed by atoms with E-state index in [1.807, 2.05) is 0 Å². The highest BCUT2D eigenvalue weighted by Gasteiger charge is 2.57. The zero-order valence-corrected chi connectivity index (χ0v) is 56.6. The lowest BCUT2D eigenvalue weighted by Gasteiger charge is -2.53. The largest absolute Gasteiger partial charge is 0.334 e. The van der Waals surface area contributed by atoms with E-state index in [9.17, 15) is 0 Å². The van der Waals surface area contributed by atoms with Crippen LogP contribution in [-0.2, 0) is 32.5 Å². The SMILES string of the molecule is CC1(C)CCC(C)(C)C2CC=C(N3c4cc5c(cc4B4c6c3cc(N(C3=CCC(c7ccccc7)C=C3)C3C=CC=CC3)cc6N(c3ccc6c(c3)C(C)(C)CCC6(C)C)C3c6cc7c(cc6SC43)C(C)(C)CCC7(C)C)C(C)(C)CCC5(C)C)C=C21. The Morgan fingerprint density at radius 2 is 1.14 bits per heavy atom. The number of benzene rings is 5. The van der Waals surface area contributed by atoms with Crippen molar-refractivity contribution in [1.82, 2.24) is 0 Å². The molecule has 5 atom stereocenters. The summed E-state index contributed by atoms with van der Waals surface area (Å²) in [4.78, 5) is 10.1. The highest BCUT2D eigenvalue weighted by Crippen LogP contribution is 2.62. The average molecular weight is 1170 g/mol. The van der Waals surface area contributed by atoms with Crippen molar-refractivity contribution >= 4 is 57.8 Å². The summed E-state index contributed by atoms with van der Waals surface area (Å²) in [6.07, 6.45) is 35.0. The lowest BCUT2D eigenvalue weighted by molar-refractivity contribution is 0.123. The van der Waals surface area contributed by atoms with Crippen LogP contribution in [0.15, 0.2) is 161 Å². The maximum Gasteiger partial charge on any atom is 0.233 e. The minimum absolute atomic E-state index is 0.0332. The van der Waals surface area contributed by atoms with E-state index in [0.29, 0.717) is 11.8 Å². The van der Waals surface area contributed by atoms with Gasteiger partial charge in [0, 0.05) is 55.8 Å². The Kier molecular flexibility index (Phi) is 12.9. The molecule has 5 aromatic carbocycles. The van der Waals surface area contributed by atoms with Gasteiger partial charge in [0.05, 0.1) is 12.1 Å². The van der Waals surface area contributed by atoms with E-state index < -0.39 is 0 Å². The van der Waals surface area contributed by atoms with Crippen LogP contribution in [0.3, 0.4) is 0 Å². The van der Waals surface area contributed by atoms with E-state index in [2.05, 4.69) is 277 Å². The summed E-state index contributed by atoms with van der Waals surface area (Å²) < 4.78 is 0. The Labute approximate surface area is 529 Å². The molecule has 3 heterocycles. The van der Waals surface area contributed by atoms with Gasteiger partial charge >= 0.3 is 0 Å². The molecule has 7 aliphatic carbocycles. The molecular weight excluding hydrogens is 1070 g/mol. The molecule has 0 radical (unpaired) electrons. The van der Waals surface area contributed by atoms with Gasteiger partial charge < -0.3 is 14.7 Å². The molecule has 5 heteroatoms. The minimum Gasteiger partial charge on any atom is -0.334 e. The number of hydrogen-bond acceptors (Lipinski definition) is 4. The second kappa shape index (κ2) is 19.4. The summed E-state index contributed by atoms with van der Waals surface area (Å²) in [5.41, 5.74) is 27.1. The van der Waals surface area contributed by atoms with Crippen LogP contribution in [0, 0.1) is 16.7 Å². The van der Waals surface area contributed by atoms with Crippen LogP contribution in [0.4, 0.5) is 28.4 Å². The number of hydrogen-bond donors (Lipinski definition) is 0. The van der Waals surface area contributed by atoms with Crippen LogP contribution in [0.5, 0.6) is 0 Å². The topological polar surface area (TPSA) is 9.72 Å². The molecule has 0 spiro atoms. The first-order chi connectivity index (χ1) is 41.1. The van der Waals surface area contributed by atoms with E-state index in [1.54, 1.807) is 27.8 Å². The molecular formula is C82H98BN3S. The molecule has 3 aliphatic heterocycles. The van der Waals surface area contributed by atoms with Gasteiger partial charge in [0.15, 0.2) is 0 Å². The van der Waals surface area contributed by atoms with E-state index in [0.717, 1.165) is 19.3 Å². The molecule has 5 unspecified atom stereocenters. The fraction of sp³-hybridized carbons (Fsp3) is 0.488. The summed E-state index contributed by atoms with van der Waals surface area (Å²) in [5.74, 6) is 0.854. The molecule has 5 aromatic rings.